The number of nitrogens with zero attached hydrogens (tertiary/aromatic N) is 1. The lowest BCUT2D eigenvalue weighted by Gasteiger charge is -2.17. The second-order valence-electron chi connectivity index (χ2n) is 5.03. The van der Waals surface area contributed by atoms with Crippen molar-refractivity contribution in [2.45, 2.75) is 13.1 Å². The Morgan fingerprint density at radius 1 is 0.842 bits per heavy atom. The summed E-state index contributed by atoms with van der Waals surface area (Å²) >= 11 is 0. The topological polar surface area (TPSA) is 7.68 Å². The van der Waals surface area contributed by atoms with Gasteiger partial charge in [-0.05, 0) is 5.56 Å². The second kappa shape index (κ2) is 5.72. The Bertz CT molecular complexity index is 484. The third-order valence-electron chi connectivity index (χ3n) is 3.43. The zero-order valence-corrected chi connectivity index (χ0v) is 11.0. The molecule has 2 aromatic carbocycles. The van der Waals surface area contributed by atoms with Crippen molar-refractivity contribution in [2.75, 3.05) is 6.67 Å². The summed E-state index contributed by atoms with van der Waals surface area (Å²) in [5.74, 6) is 0. The molecular weight excluding hydrogens is 232 g/mol. The van der Waals surface area contributed by atoms with Crippen molar-refractivity contribution in [3.63, 3.8) is 0 Å². The average molecular weight is 251 g/mol. The van der Waals surface area contributed by atoms with E-state index in [4.69, 9.17) is 0 Å². The first-order valence-corrected chi connectivity index (χ1v) is 6.75. The van der Waals surface area contributed by atoms with E-state index in [0.29, 0.717) is 0 Å². The van der Waals surface area contributed by atoms with E-state index in [1.54, 1.807) is 0 Å². The monoisotopic (exact) mass is 251 g/mol. The van der Waals surface area contributed by atoms with Crippen molar-refractivity contribution in [2.24, 2.45) is 0 Å². The first kappa shape index (κ1) is 12.0. The van der Waals surface area contributed by atoms with Crippen LogP contribution in [0.25, 0.3) is 0 Å². The first-order chi connectivity index (χ1) is 9.40. The molecule has 0 bridgehead atoms. The molecule has 2 nitrogen and oxygen atoms in total. The Kier molecular flexibility index (Phi) is 3.61. The van der Waals surface area contributed by atoms with Crippen LogP contribution in [0.4, 0.5) is 0 Å². The lowest BCUT2D eigenvalue weighted by molar-refractivity contribution is -0.863. The highest BCUT2D eigenvalue weighted by Crippen LogP contribution is 2.05. The van der Waals surface area contributed by atoms with Gasteiger partial charge in [0.05, 0.1) is 6.20 Å². The Hall–Kier alpha value is -2.06. The number of quaternary nitrogens is 1. The molecule has 0 saturated heterocycles. The number of rotatable bonds is 4. The molecule has 19 heavy (non-hydrogen) atoms. The van der Waals surface area contributed by atoms with Crippen LogP contribution in [0, 0.1) is 0 Å². The lowest BCUT2D eigenvalue weighted by atomic mass is 10.2. The van der Waals surface area contributed by atoms with Crippen LogP contribution >= 0.6 is 0 Å². The van der Waals surface area contributed by atoms with Crippen molar-refractivity contribution in [1.29, 1.82) is 0 Å². The molecule has 1 aliphatic rings. The molecule has 0 saturated carbocycles. The molecule has 1 atom stereocenters. The van der Waals surface area contributed by atoms with Gasteiger partial charge in [-0.15, -0.1) is 0 Å². The van der Waals surface area contributed by atoms with Crippen LogP contribution in [0.1, 0.15) is 11.1 Å². The van der Waals surface area contributed by atoms with Crippen molar-refractivity contribution < 1.29 is 4.90 Å². The highest BCUT2D eigenvalue weighted by molar-refractivity contribution is 5.15. The molecule has 0 aromatic heterocycles. The summed E-state index contributed by atoms with van der Waals surface area (Å²) in [5.41, 5.74) is 2.76. The number of nitrogens with one attached hydrogen (secondary N) is 1. The Morgan fingerprint density at radius 2 is 1.47 bits per heavy atom. The van der Waals surface area contributed by atoms with Crippen molar-refractivity contribution in [3.05, 3.63) is 84.2 Å². The molecule has 1 heterocycles. The second-order valence-corrected chi connectivity index (χ2v) is 5.03. The normalized spacial score (nSPS) is 17.9. The number of hydrogen-bond acceptors (Lipinski definition) is 1. The molecule has 1 unspecified atom stereocenters. The minimum atomic E-state index is 0.996. The van der Waals surface area contributed by atoms with Crippen LogP contribution in [0.3, 0.4) is 0 Å². The smallest absolute Gasteiger partial charge is 0.157 e. The van der Waals surface area contributed by atoms with E-state index in [1.807, 2.05) is 0 Å². The molecule has 2 heteroatoms. The molecule has 0 fully saturated rings. The van der Waals surface area contributed by atoms with Crippen LogP contribution in [0.15, 0.2) is 73.1 Å². The van der Waals surface area contributed by atoms with E-state index in [0.717, 1.165) is 19.8 Å². The average Bonchev–Trinajstić information content (AvgIpc) is 2.88. The van der Waals surface area contributed by atoms with Gasteiger partial charge in [0, 0.05) is 12.1 Å². The molecular formula is C17H19N2+. The Morgan fingerprint density at radius 3 is 2.16 bits per heavy atom. The molecule has 1 N–H and O–H groups in total. The van der Waals surface area contributed by atoms with Crippen LogP contribution in [-0.4, -0.2) is 11.6 Å². The van der Waals surface area contributed by atoms with Gasteiger partial charge in [0.15, 0.2) is 6.67 Å². The first-order valence-electron chi connectivity index (χ1n) is 6.75. The van der Waals surface area contributed by atoms with Gasteiger partial charge >= 0.3 is 0 Å². The maximum Gasteiger partial charge on any atom is 0.157 e. The molecule has 0 spiro atoms. The summed E-state index contributed by atoms with van der Waals surface area (Å²) in [5, 5.41) is 0. The van der Waals surface area contributed by atoms with Crippen LogP contribution in [0.2, 0.25) is 0 Å². The van der Waals surface area contributed by atoms with E-state index >= 15 is 0 Å². The van der Waals surface area contributed by atoms with E-state index in [9.17, 15) is 0 Å². The van der Waals surface area contributed by atoms with E-state index < -0.39 is 0 Å². The predicted octanol–water partition coefficient (Wildman–Crippen LogP) is 2.02. The molecule has 0 amide bonds. The summed E-state index contributed by atoms with van der Waals surface area (Å²) in [6.45, 7) is 3.10. The van der Waals surface area contributed by atoms with Crippen molar-refractivity contribution in [3.8, 4) is 0 Å². The van der Waals surface area contributed by atoms with E-state index in [1.165, 1.54) is 16.0 Å². The van der Waals surface area contributed by atoms with Crippen molar-refractivity contribution in [1.82, 2.24) is 4.90 Å². The van der Waals surface area contributed by atoms with Gasteiger partial charge in [-0.1, -0.05) is 60.7 Å². The Labute approximate surface area is 114 Å². The van der Waals surface area contributed by atoms with Gasteiger partial charge in [-0.25, -0.2) is 0 Å². The standard InChI is InChI=1S/C17H18N2/c1-3-7-16(8-4-1)13-18-11-12-19(15-18)14-17-9-5-2-6-10-17/h1-12H,13-15H2/p+1. The minimum absolute atomic E-state index is 0.996. The van der Waals surface area contributed by atoms with Gasteiger partial charge in [0.2, 0.25) is 0 Å². The third kappa shape index (κ3) is 3.24. The van der Waals surface area contributed by atoms with E-state index in [2.05, 4.69) is 78.0 Å². The fourth-order valence-corrected chi connectivity index (χ4v) is 2.48. The largest absolute Gasteiger partial charge is 0.322 e. The molecule has 0 aliphatic carbocycles. The summed E-state index contributed by atoms with van der Waals surface area (Å²) in [6, 6.07) is 21.3. The molecule has 3 rings (SSSR count). The van der Waals surface area contributed by atoms with E-state index in [-0.39, 0.29) is 0 Å². The number of benzene rings is 2. The number of hydrogen-bond donors (Lipinski definition) is 1. The zero-order valence-electron chi connectivity index (χ0n) is 11.0. The highest BCUT2D eigenvalue weighted by Gasteiger charge is 2.17. The van der Waals surface area contributed by atoms with Crippen LogP contribution in [0.5, 0.6) is 0 Å². The van der Waals surface area contributed by atoms with Crippen molar-refractivity contribution >= 4 is 0 Å². The van der Waals surface area contributed by atoms with Gasteiger partial charge in [0.25, 0.3) is 0 Å². The quantitative estimate of drug-likeness (QED) is 0.873. The molecule has 96 valence electrons. The highest BCUT2D eigenvalue weighted by atomic mass is 15.3. The zero-order chi connectivity index (χ0) is 12.9. The van der Waals surface area contributed by atoms with Crippen LogP contribution in [-0.2, 0) is 13.1 Å². The van der Waals surface area contributed by atoms with Gasteiger partial charge in [-0.3, -0.25) is 4.90 Å². The summed E-state index contributed by atoms with van der Waals surface area (Å²) in [7, 11) is 0. The van der Waals surface area contributed by atoms with Crippen LogP contribution < -0.4 is 4.90 Å². The maximum atomic E-state index is 2.37. The molecule has 1 aliphatic heterocycles. The predicted molar refractivity (Wildman–Crippen MR) is 77.1 cm³/mol. The summed E-state index contributed by atoms with van der Waals surface area (Å²) < 4.78 is 0. The third-order valence-corrected chi connectivity index (χ3v) is 3.43. The van der Waals surface area contributed by atoms with Gasteiger partial charge < -0.3 is 4.90 Å². The molecule has 2 aromatic rings. The Balaban J connectivity index is 1.55. The molecule has 0 radical (unpaired) electrons. The van der Waals surface area contributed by atoms with Gasteiger partial charge in [-0.2, -0.15) is 0 Å². The fourth-order valence-electron chi connectivity index (χ4n) is 2.48. The maximum absolute atomic E-state index is 2.37. The fraction of sp³-hybridized carbons (Fsp3) is 0.176. The van der Waals surface area contributed by atoms with Gasteiger partial charge in [0.1, 0.15) is 12.7 Å². The summed E-state index contributed by atoms with van der Waals surface area (Å²) in [4.78, 5) is 3.86. The summed E-state index contributed by atoms with van der Waals surface area (Å²) in [6.07, 6.45) is 4.47. The SMILES string of the molecule is C1=C[NH+](Cc2ccccc2)CN1Cc1ccccc1. The lowest BCUT2D eigenvalue weighted by Crippen LogP contribution is -3.05. The minimum Gasteiger partial charge on any atom is -0.322 e.